The van der Waals surface area contributed by atoms with Crippen molar-refractivity contribution < 1.29 is 24.9 Å². The smallest absolute Gasteiger partial charge is 0.251 e. The number of carbonyl (C=O) groups excluding carboxylic acids is 1. The van der Waals surface area contributed by atoms with E-state index in [1.807, 2.05) is 0 Å². The minimum atomic E-state index is -2.10. The molecule has 13 nitrogen and oxygen atoms in total. The quantitative estimate of drug-likeness (QED) is 0.248. The Morgan fingerprint density at radius 3 is 2.81 bits per heavy atom. The number of carbonyl (C=O) groups is 1. The number of anilines is 1. The molecule has 1 amide bonds. The molecule has 0 unspecified atom stereocenters. The fourth-order valence-corrected chi connectivity index (χ4v) is 2.98. The molecule has 0 radical (unpaired) electrons. The molecule has 3 rings (SSSR count). The summed E-state index contributed by atoms with van der Waals surface area (Å²) in [6.07, 6.45) is -3.45. The van der Waals surface area contributed by atoms with Gasteiger partial charge in [-0.05, 0) is 12.5 Å². The molecule has 3 heterocycles. The summed E-state index contributed by atoms with van der Waals surface area (Å²) in [5, 5.41) is 33.5. The summed E-state index contributed by atoms with van der Waals surface area (Å²) in [5.74, 6) is -0.539. The molecule has 2 aromatic rings. The van der Waals surface area contributed by atoms with Gasteiger partial charge in [-0.2, -0.15) is 0 Å². The molecule has 138 valence electrons. The Balaban J connectivity index is 2.23. The fraction of sp³-hybridized carbons (Fsp3) is 0.462. The van der Waals surface area contributed by atoms with Gasteiger partial charge in [-0.1, -0.05) is 5.11 Å². The van der Waals surface area contributed by atoms with Crippen molar-refractivity contribution in [3.05, 3.63) is 28.0 Å². The maximum Gasteiger partial charge on any atom is 0.251 e. The van der Waals surface area contributed by atoms with E-state index in [0.29, 0.717) is 0 Å². The van der Waals surface area contributed by atoms with Crippen molar-refractivity contribution >= 4 is 22.8 Å². The number of nitrogens with zero attached hydrogens (tertiary/aromatic N) is 6. The second-order valence-corrected chi connectivity index (χ2v) is 5.81. The third-order valence-corrected chi connectivity index (χ3v) is 4.19. The minimum absolute atomic E-state index is 0.00319. The summed E-state index contributed by atoms with van der Waals surface area (Å²) >= 11 is 0. The molecular formula is C13H16N8O5. The van der Waals surface area contributed by atoms with Gasteiger partial charge in [-0.3, -0.25) is 4.79 Å². The van der Waals surface area contributed by atoms with E-state index in [-0.39, 0.29) is 28.2 Å². The zero-order valence-electron chi connectivity index (χ0n) is 13.5. The SMILES string of the molecule is Cc1nc(N)c2c(C(N)=O)cn([C@@H]3O[C@@](CO)(N=[N+]=[N-])[C@@H](O)[C@H]3O)c2n1. The number of rotatable bonds is 4. The highest BCUT2D eigenvalue weighted by Crippen LogP contribution is 2.40. The van der Waals surface area contributed by atoms with Crippen LogP contribution in [0.15, 0.2) is 11.3 Å². The first-order valence-corrected chi connectivity index (χ1v) is 7.41. The Morgan fingerprint density at radius 1 is 1.54 bits per heavy atom. The highest BCUT2D eigenvalue weighted by atomic mass is 16.6. The molecule has 26 heavy (non-hydrogen) atoms. The molecule has 7 N–H and O–H groups in total. The van der Waals surface area contributed by atoms with Crippen LogP contribution in [0.1, 0.15) is 22.4 Å². The second kappa shape index (κ2) is 6.09. The number of aromatic nitrogens is 3. The van der Waals surface area contributed by atoms with Gasteiger partial charge in [0.1, 0.15) is 29.5 Å². The van der Waals surface area contributed by atoms with Crippen LogP contribution in [-0.2, 0) is 4.74 Å². The molecule has 0 spiro atoms. The van der Waals surface area contributed by atoms with Gasteiger partial charge in [0.25, 0.3) is 5.91 Å². The summed E-state index contributed by atoms with van der Waals surface area (Å²) in [5.41, 5.74) is 17.9. The standard InChI is InChI=1S/C13H16N8O5/c1-4-17-9(14)6-5(10(15)25)2-21(11(6)18-4)12-7(23)8(24)13(3-22,26-12)19-20-16/h2,7-8,12,22-24H,3H2,1H3,(H2,15,25)(H2,14,17,18)/t7-,8+,12-,13-/m1/s1. The van der Waals surface area contributed by atoms with Crippen molar-refractivity contribution in [3.63, 3.8) is 0 Å². The first-order valence-electron chi connectivity index (χ1n) is 7.41. The van der Waals surface area contributed by atoms with E-state index in [1.54, 1.807) is 6.92 Å². The van der Waals surface area contributed by atoms with Gasteiger partial charge in [0.05, 0.1) is 17.6 Å². The molecule has 1 fully saturated rings. The zero-order chi connectivity index (χ0) is 19.2. The normalized spacial score (nSPS) is 28.2. The first kappa shape index (κ1) is 17.8. The van der Waals surface area contributed by atoms with Gasteiger partial charge in [-0.15, -0.1) is 0 Å². The Morgan fingerprint density at radius 2 is 2.23 bits per heavy atom. The number of ether oxygens (including phenoxy) is 1. The van der Waals surface area contributed by atoms with Crippen LogP contribution in [0.2, 0.25) is 0 Å². The number of nitrogen functional groups attached to an aromatic ring is 1. The van der Waals surface area contributed by atoms with Crippen molar-refractivity contribution in [2.75, 3.05) is 12.3 Å². The van der Waals surface area contributed by atoms with Crippen molar-refractivity contribution in [2.45, 2.75) is 31.1 Å². The van der Waals surface area contributed by atoms with Crippen LogP contribution in [0.3, 0.4) is 0 Å². The molecule has 2 aromatic heterocycles. The van der Waals surface area contributed by atoms with Gasteiger partial charge < -0.3 is 36.1 Å². The van der Waals surface area contributed by atoms with E-state index in [0.717, 1.165) is 0 Å². The Labute approximate surface area is 145 Å². The lowest BCUT2D eigenvalue weighted by molar-refractivity contribution is -0.123. The number of azide groups is 1. The van der Waals surface area contributed by atoms with E-state index in [9.17, 15) is 20.1 Å². The van der Waals surface area contributed by atoms with E-state index >= 15 is 0 Å². The number of nitrogens with two attached hydrogens (primary N) is 2. The van der Waals surface area contributed by atoms with Crippen molar-refractivity contribution in [1.82, 2.24) is 14.5 Å². The fourth-order valence-electron chi connectivity index (χ4n) is 2.98. The molecule has 0 bridgehead atoms. The number of aryl methyl sites for hydroxylation is 1. The third-order valence-electron chi connectivity index (χ3n) is 4.19. The van der Waals surface area contributed by atoms with E-state index in [1.165, 1.54) is 10.8 Å². The average molecular weight is 364 g/mol. The van der Waals surface area contributed by atoms with E-state index in [4.69, 9.17) is 21.7 Å². The van der Waals surface area contributed by atoms with Crippen molar-refractivity contribution in [3.8, 4) is 0 Å². The van der Waals surface area contributed by atoms with Crippen molar-refractivity contribution in [1.29, 1.82) is 0 Å². The van der Waals surface area contributed by atoms with Crippen LogP contribution in [0, 0.1) is 6.92 Å². The molecule has 4 atom stereocenters. The number of hydrogen-bond acceptors (Lipinski definition) is 9. The predicted molar refractivity (Wildman–Crippen MR) is 86.3 cm³/mol. The summed E-state index contributed by atoms with van der Waals surface area (Å²) < 4.78 is 6.69. The zero-order valence-corrected chi connectivity index (χ0v) is 13.5. The highest BCUT2D eigenvalue weighted by molar-refractivity contribution is 6.08. The van der Waals surface area contributed by atoms with Gasteiger partial charge in [0.2, 0.25) is 5.72 Å². The minimum Gasteiger partial charge on any atom is -0.393 e. The number of primary amides is 1. The largest absolute Gasteiger partial charge is 0.393 e. The van der Waals surface area contributed by atoms with Gasteiger partial charge >= 0.3 is 0 Å². The summed E-state index contributed by atoms with van der Waals surface area (Å²) in [6, 6.07) is 0. The molecule has 1 aliphatic heterocycles. The topological polar surface area (TPSA) is 218 Å². The lowest BCUT2D eigenvalue weighted by atomic mass is 10.1. The highest BCUT2D eigenvalue weighted by Gasteiger charge is 2.55. The average Bonchev–Trinajstić information content (AvgIpc) is 3.07. The Bertz CT molecular complexity index is 938. The lowest BCUT2D eigenvalue weighted by Crippen LogP contribution is -2.44. The van der Waals surface area contributed by atoms with Crippen LogP contribution in [0.25, 0.3) is 21.5 Å². The van der Waals surface area contributed by atoms with E-state index < -0.39 is 36.7 Å². The number of aliphatic hydroxyl groups is 3. The second-order valence-electron chi connectivity index (χ2n) is 5.81. The molecule has 0 saturated carbocycles. The summed E-state index contributed by atoms with van der Waals surface area (Å²) in [6.45, 7) is 0.680. The number of aliphatic hydroxyl groups excluding tert-OH is 3. The molecular weight excluding hydrogens is 348 g/mol. The maximum absolute atomic E-state index is 11.8. The van der Waals surface area contributed by atoms with Gasteiger partial charge in [0.15, 0.2) is 6.23 Å². The summed E-state index contributed by atoms with van der Waals surface area (Å²) in [7, 11) is 0. The molecule has 1 aliphatic rings. The molecule has 0 aliphatic carbocycles. The summed E-state index contributed by atoms with van der Waals surface area (Å²) in [4.78, 5) is 22.5. The Kier molecular flexibility index (Phi) is 4.18. The van der Waals surface area contributed by atoms with Gasteiger partial charge in [0, 0.05) is 11.1 Å². The molecule has 1 saturated heterocycles. The predicted octanol–water partition coefficient (Wildman–Crippen LogP) is -1.33. The van der Waals surface area contributed by atoms with Gasteiger partial charge in [-0.25, -0.2) is 9.97 Å². The number of fused-ring (bicyclic) bond motifs is 1. The lowest BCUT2D eigenvalue weighted by Gasteiger charge is -2.23. The Hall–Kier alpha value is -2.96. The van der Waals surface area contributed by atoms with Crippen LogP contribution in [-0.4, -0.2) is 60.3 Å². The monoisotopic (exact) mass is 364 g/mol. The first-order chi connectivity index (χ1) is 12.3. The van der Waals surface area contributed by atoms with Crippen molar-refractivity contribution in [2.24, 2.45) is 10.8 Å². The maximum atomic E-state index is 11.8. The van der Waals surface area contributed by atoms with Crippen LogP contribution in [0.4, 0.5) is 5.82 Å². The molecule has 0 aromatic carbocycles. The number of amides is 1. The third kappa shape index (κ3) is 2.42. The van der Waals surface area contributed by atoms with Crippen LogP contribution < -0.4 is 11.5 Å². The molecule has 13 heteroatoms. The number of hydrogen-bond donors (Lipinski definition) is 5. The van der Waals surface area contributed by atoms with Crippen LogP contribution in [0.5, 0.6) is 0 Å². The van der Waals surface area contributed by atoms with E-state index in [2.05, 4.69) is 20.0 Å². The van der Waals surface area contributed by atoms with Crippen LogP contribution >= 0.6 is 0 Å².